The monoisotopic (exact) mass is 162 g/mol. The molecule has 3 N–H and O–H groups in total. The maximum atomic E-state index is 9.43. The van der Waals surface area contributed by atoms with Crippen molar-refractivity contribution in [1.82, 2.24) is 0 Å². The largest absolute Gasteiger partial charge is 0.396 e. The standard InChI is InChI=1S/C8H18O3/c1-6(10)4-7(11)8(2,3)5-9/h6-7,9-11H,4-5H2,1-3H3. The fraction of sp³-hybridized carbons (Fsp3) is 1.00. The summed E-state index contributed by atoms with van der Waals surface area (Å²) in [4.78, 5) is 0. The molecule has 0 rings (SSSR count). The first-order valence-corrected chi connectivity index (χ1v) is 3.87. The molecular weight excluding hydrogens is 144 g/mol. The molecule has 0 aliphatic rings. The average molecular weight is 162 g/mol. The van der Waals surface area contributed by atoms with Crippen LogP contribution in [-0.2, 0) is 0 Å². The van der Waals surface area contributed by atoms with Crippen molar-refractivity contribution in [2.75, 3.05) is 6.61 Å². The van der Waals surface area contributed by atoms with Gasteiger partial charge in [0.2, 0.25) is 0 Å². The van der Waals surface area contributed by atoms with Gasteiger partial charge in [0.05, 0.1) is 18.8 Å². The van der Waals surface area contributed by atoms with Crippen LogP contribution >= 0.6 is 0 Å². The van der Waals surface area contributed by atoms with E-state index < -0.39 is 17.6 Å². The second kappa shape index (κ2) is 4.04. The van der Waals surface area contributed by atoms with E-state index in [2.05, 4.69) is 0 Å². The first-order chi connectivity index (χ1) is 4.90. The Balaban J connectivity index is 3.90. The van der Waals surface area contributed by atoms with Crippen LogP contribution < -0.4 is 0 Å². The highest BCUT2D eigenvalue weighted by Gasteiger charge is 2.27. The van der Waals surface area contributed by atoms with Crippen LogP contribution in [0.25, 0.3) is 0 Å². The molecule has 2 unspecified atom stereocenters. The Morgan fingerprint density at radius 3 is 2.00 bits per heavy atom. The quantitative estimate of drug-likeness (QED) is 0.551. The Morgan fingerprint density at radius 2 is 1.73 bits per heavy atom. The lowest BCUT2D eigenvalue weighted by Gasteiger charge is -2.28. The van der Waals surface area contributed by atoms with E-state index in [9.17, 15) is 5.11 Å². The number of aliphatic hydroxyl groups excluding tert-OH is 3. The Morgan fingerprint density at radius 1 is 1.27 bits per heavy atom. The fourth-order valence-corrected chi connectivity index (χ4v) is 0.748. The van der Waals surface area contributed by atoms with E-state index in [1.165, 1.54) is 0 Å². The van der Waals surface area contributed by atoms with Crippen molar-refractivity contribution >= 4 is 0 Å². The first kappa shape index (κ1) is 10.9. The molecule has 0 aromatic rings. The van der Waals surface area contributed by atoms with Gasteiger partial charge in [-0.3, -0.25) is 0 Å². The van der Waals surface area contributed by atoms with E-state index in [0.29, 0.717) is 6.42 Å². The van der Waals surface area contributed by atoms with E-state index in [1.807, 2.05) is 0 Å². The third-order valence-corrected chi connectivity index (χ3v) is 1.87. The second-order valence-corrected chi connectivity index (χ2v) is 3.75. The van der Waals surface area contributed by atoms with E-state index in [0.717, 1.165) is 0 Å². The highest BCUT2D eigenvalue weighted by molar-refractivity contribution is 4.77. The van der Waals surface area contributed by atoms with Crippen LogP contribution in [0.5, 0.6) is 0 Å². The smallest absolute Gasteiger partial charge is 0.0637 e. The molecule has 0 radical (unpaired) electrons. The lowest BCUT2D eigenvalue weighted by molar-refractivity contribution is -0.0195. The normalized spacial score (nSPS) is 18.0. The van der Waals surface area contributed by atoms with Crippen molar-refractivity contribution in [3.8, 4) is 0 Å². The molecule has 0 heterocycles. The molecule has 0 fully saturated rings. The molecule has 0 aliphatic carbocycles. The summed E-state index contributed by atoms with van der Waals surface area (Å²) in [6, 6.07) is 0. The molecule has 11 heavy (non-hydrogen) atoms. The van der Waals surface area contributed by atoms with Gasteiger partial charge < -0.3 is 15.3 Å². The van der Waals surface area contributed by atoms with Crippen LogP contribution in [0.15, 0.2) is 0 Å². The lowest BCUT2D eigenvalue weighted by Crippen LogP contribution is -2.35. The molecule has 0 spiro atoms. The zero-order valence-electron chi connectivity index (χ0n) is 7.41. The molecule has 0 saturated carbocycles. The van der Waals surface area contributed by atoms with Crippen LogP contribution in [0, 0.1) is 5.41 Å². The van der Waals surface area contributed by atoms with E-state index in [1.54, 1.807) is 20.8 Å². The molecule has 0 amide bonds. The van der Waals surface area contributed by atoms with E-state index in [-0.39, 0.29) is 6.61 Å². The van der Waals surface area contributed by atoms with Gasteiger partial charge in [-0.15, -0.1) is 0 Å². The molecule has 0 aromatic carbocycles. The summed E-state index contributed by atoms with van der Waals surface area (Å²) in [5, 5.41) is 27.2. The topological polar surface area (TPSA) is 60.7 Å². The average Bonchev–Trinajstić information content (AvgIpc) is 1.86. The van der Waals surface area contributed by atoms with Gasteiger partial charge in [0.25, 0.3) is 0 Å². The van der Waals surface area contributed by atoms with Gasteiger partial charge in [-0.05, 0) is 13.3 Å². The Labute approximate surface area is 67.7 Å². The summed E-state index contributed by atoms with van der Waals surface area (Å²) >= 11 is 0. The summed E-state index contributed by atoms with van der Waals surface area (Å²) < 4.78 is 0. The summed E-state index contributed by atoms with van der Waals surface area (Å²) in [6.07, 6.45) is -0.851. The SMILES string of the molecule is CC(O)CC(O)C(C)(C)CO. The van der Waals surface area contributed by atoms with Crippen molar-refractivity contribution in [3.63, 3.8) is 0 Å². The van der Waals surface area contributed by atoms with Crippen molar-refractivity contribution < 1.29 is 15.3 Å². The highest BCUT2D eigenvalue weighted by atomic mass is 16.3. The highest BCUT2D eigenvalue weighted by Crippen LogP contribution is 2.22. The summed E-state index contributed by atoms with van der Waals surface area (Å²) in [6.45, 7) is 5.08. The van der Waals surface area contributed by atoms with Crippen LogP contribution in [0.3, 0.4) is 0 Å². The van der Waals surface area contributed by atoms with Crippen LogP contribution in [0.2, 0.25) is 0 Å². The number of rotatable bonds is 4. The predicted molar refractivity (Wildman–Crippen MR) is 43.2 cm³/mol. The van der Waals surface area contributed by atoms with Gasteiger partial charge in [0, 0.05) is 5.41 Å². The van der Waals surface area contributed by atoms with Gasteiger partial charge in [-0.1, -0.05) is 13.8 Å². The number of aliphatic hydroxyl groups is 3. The maximum Gasteiger partial charge on any atom is 0.0637 e. The molecule has 3 nitrogen and oxygen atoms in total. The minimum atomic E-state index is -0.646. The van der Waals surface area contributed by atoms with Gasteiger partial charge in [0.15, 0.2) is 0 Å². The summed E-state index contributed by atoms with van der Waals surface area (Å²) in [5.74, 6) is 0. The van der Waals surface area contributed by atoms with Gasteiger partial charge in [-0.25, -0.2) is 0 Å². The molecule has 0 aromatic heterocycles. The van der Waals surface area contributed by atoms with Crippen LogP contribution in [0.4, 0.5) is 0 Å². The summed E-state index contributed by atoms with van der Waals surface area (Å²) in [5.41, 5.74) is -0.517. The van der Waals surface area contributed by atoms with Crippen molar-refractivity contribution in [2.45, 2.75) is 39.4 Å². The predicted octanol–water partition coefficient (Wildman–Crippen LogP) is 0.137. The lowest BCUT2D eigenvalue weighted by atomic mass is 9.85. The van der Waals surface area contributed by atoms with Crippen molar-refractivity contribution in [1.29, 1.82) is 0 Å². The molecule has 3 heteroatoms. The molecular formula is C8H18O3. The Kier molecular flexibility index (Phi) is 4.00. The van der Waals surface area contributed by atoms with E-state index in [4.69, 9.17) is 10.2 Å². The Bertz CT molecular complexity index is 110. The van der Waals surface area contributed by atoms with Crippen molar-refractivity contribution in [2.24, 2.45) is 5.41 Å². The number of hydrogen-bond donors (Lipinski definition) is 3. The molecule has 2 atom stereocenters. The van der Waals surface area contributed by atoms with Gasteiger partial charge in [-0.2, -0.15) is 0 Å². The summed E-state index contributed by atoms with van der Waals surface area (Å²) in [7, 11) is 0. The van der Waals surface area contributed by atoms with Gasteiger partial charge in [0.1, 0.15) is 0 Å². The van der Waals surface area contributed by atoms with Crippen molar-refractivity contribution in [3.05, 3.63) is 0 Å². The van der Waals surface area contributed by atoms with E-state index >= 15 is 0 Å². The second-order valence-electron chi connectivity index (χ2n) is 3.75. The zero-order chi connectivity index (χ0) is 9.07. The molecule has 0 saturated heterocycles. The molecule has 0 aliphatic heterocycles. The third kappa shape index (κ3) is 3.70. The third-order valence-electron chi connectivity index (χ3n) is 1.87. The Hall–Kier alpha value is -0.120. The minimum absolute atomic E-state index is 0.0686. The molecule has 68 valence electrons. The fourth-order valence-electron chi connectivity index (χ4n) is 0.748. The van der Waals surface area contributed by atoms with Gasteiger partial charge >= 0.3 is 0 Å². The first-order valence-electron chi connectivity index (χ1n) is 3.87. The molecule has 0 bridgehead atoms. The maximum absolute atomic E-state index is 9.43. The number of hydrogen-bond acceptors (Lipinski definition) is 3. The van der Waals surface area contributed by atoms with Crippen LogP contribution in [0.1, 0.15) is 27.2 Å². The van der Waals surface area contributed by atoms with Crippen LogP contribution in [-0.4, -0.2) is 34.1 Å². The minimum Gasteiger partial charge on any atom is -0.396 e. The zero-order valence-corrected chi connectivity index (χ0v) is 7.41.